The lowest BCUT2D eigenvalue weighted by atomic mass is 9.85. The molecule has 4 atom stereocenters. The fourth-order valence-electron chi connectivity index (χ4n) is 3.40. The number of anilines is 1. The van der Waals surface area contributed by atoms with Gasteiger partial charge < -0.3 is 4.74 Å². The summed E-state index contributed by atoms with van der Waals surface area (Å²) < 4.78 is 5.59. The summed E-state index contributed by atoms with van der Waals surface area (Å²) >= 11 is 0. The molecule has 0 saturated carbocycles. The third kappa shape index (κ3) is 1.58. The number of ketones is 1. The Morgan fingerprint density at radius 3 is 2.00 bits per heavy atom. The number of hydrogen-bond donors (Lipinski definition) is 0. The topological polar surface area (TPSA) is 63.7 Å². The van der Waals surface area contributed by atoms with Crippen molar-refractivity contribution in [3.8, 4) is 0 Å². The molecule has 106 valence electrons. The fraction of sp³-hybridized carbons (Fsp3) is 0.312. The van der Waals surface area contributed by atoms with Crippen LogP contribution in [-0.2, 0) is 14.3 Å². The Morgan fingerprint density at radius 2 is 1.52 bits per heavy atom. The van der Waals surface area contributed by atoms with Gasteiger partial charge in [-0.25, -0.2) is 4.90 Å². The van der Waals surface area contributed by atoms with E-state index in [0.717, 1.165) is 0 Å². The van der Waals surface area contributed by atoms with Crippen molar-refractivity contribution in [1.29, 1.82) is 0 Å². The fourth-order valence-corrected chi connectivity index (χ4v) is 3.40. The Kier molecular flexibility index (Phi) is 2.44. The third-order valence-electron chi connectivity index (χ3n) is 4.44. The van der Waals surface area contributed by atoms with Gasteiger partial charge >= 0.3 is 0 Å². The van der Waals surface area contributed by atoms with Crippen molar-refractivity contribution in [3.63, 3.8) is 0 Å². The van der Waals surface area contributed by atoms with E-state index in [4.69, 9.17) is 4.74 Å². The summed E-state index contributed by atoms with van der Waals surface area (Å²) in [5.74, 6) is -1.28. The van der Waals surface area contributed by atoms with E-state index >= 15 is 0 Å². The molecule has 2 bridgehead atoms. The molecule has 0 aromatic heterocycles. The van der Waals surface area contributed by atoms with Crippen LogP contribution in [-0.4, -0.2) is 29.8 Å². The van der Waals surface area contributed by atoms with Gasteiger partial charge in [0.05, 0.1) is 29.7 Å². The number of ether oxygens (including phenoxy) is 1. The average Bonchev–Trinajstić information content (AvgIpc) is 3.13. The van der Waals surface area contributed by atoms with Crippen molar-refractivity contribution >= 4 is 23.3 Å². The van der Waals surface area contributed by atoms with Gasteiger partial charge in [-0.3, -0.25) is 14.4 Å². The van der Waals surface area contributed by atoms with E-state index in [1.54, 1.807) is 24.3 Å². The maximum atomic E-state index is 12.5. The molecule has 4 rings (SSSR count). The molecule has 1 aromatic rings. The van der Waals surface area contributed by atoms with Crippen LogP contribution in [0.4, 0.5) is 5.69 Å². The molecule has 2 fully saturated rings. The molecular weight excluding hydrogens is 270 g/mol. The molecule has 2 amide bonds. The number of nitrogens with zero attached hydrogens (tertiary/aromatic N) is 1. The van der Waals surface area contributed by atoms with E-state index in [2.05, 4.69) is 0 Å². The zero-order valence-electron chi connectivity index (χ0n) is 11.4. The van der Waals surface area contributed by atoms with Crippen molar-refractivity contribution in [2.45, 2.75) is 19.1 Å². The van der Waals surface area contributed by atoms with Crippen LogP contribution >= 0.6 is 0 Å². The molecule has 3 aliphatic heterocycles. The normalized spacial score (nSPS) is 32.9. The third-order valence-corrected chi connectivity index (χ3v) is 4.44. The highest BCUT2D eigenvalue weighted by Crippen LogP contribution is 2.46. The Labute approximate surface area is 121 Å². The number of hydrogen-bond acceptors (Lipinski definition) is 4. The summed E-state index contributed by atoms with van der Waals surface area (Å²) in [5, 5.41) is 0. The Balaban J connectivity index is 1.69. The molecule has 0 unspecified atom stereocenters. The molecule has 3 aliphatic rings. The first-order chi connectivity index (χ1) is 10.1. The van der Waals surface area contributed by atoms with Crippen LogP contribution in [0.25, 0.3) is 0 Å². The van der Waals surface area contributed by atoms with E-state index in [-0.39, 0.29) is 29.8 Å². The van der Waals surface area contributed by atoms with Gasteiger partial charge in [-0.05, 0) is 31.2 Å². The van der Waals surface area contributed by atoms with Crippen molar-refractivity contribution in [1.82, 2.24) is 0 Å². The molecule has 2 saturated heterocycles. The summed E-state index contributed by atoms with van der Waals surface area (Å²) in [5.41, 5.74) is 1.08. The van der Waals surface area contributed by atoms with Crippen LogP contribution in [0.3, 0.4) is 0 Å². The summed E-state index contributed by atoms with van der Waals surface area (Å²) in [6.07, 6.45) is 3.16. The first-order valence-electron chi connectivity index (χ1n) is 6.90. The standard InChI is InChI=1S/C16H13NO4/c1-8(18)9-2-4-10(5-3-9)17-15(19)13-11-6-7-12(21-11)14(13)16(17)20/h2-7,11-14H,1H3/t11-,12-,13-,14-/m0/s1. The molecule has 0 aliphatic carbocycles. The maximum Gasteiger partial charge on any atom is 0.240 e. The number of fused-ring (bicyclic) bond motifs is 5. The van der Waals surface area contributed by atoms with E-state index in [0.29, 0.717) is 11.3 Å². The Hall–Kier alpha value is -2.27. The minimum absolute atomic E-state index is 0.0480. The van der Waals surface area contributed by atoms with E-state index in [9.17, 15) is 14.4 Å². The lowest BCUT2D eigenvalue weighted by molar-refractivity contribution is -0.124. The van der Waals surface area contributed by atoms with E-state index in [1.807, 2.05) is 12.2 Å². The number of carbonyl (C=O) groups excluding carboxylic acids is 3. The second kappa shape index (κ2) is 4.11. The number of Topliss-reactive ketones (excluding diaryl/α,β-unsaturated/α-hetero) is 1. The van der Waals surface area contributed by atoms with Crippen LogP contribution < -0.4 is 4.90 Å². The monoisotopic (exact) mass is 283 g/mol. The van der Waals surface area contributed by atoms with Crippen LogP contribution in [0.5, 0.6) is 0 Å². The number of carbonyl (C=O) groups is 3. The molecule has 1 aromatic carbocycles. The predicted octanol–water partition coefficient (Wildman–Crippen LogP) is 1.33. The predicted molar refractivity (Wildman–Crippen MR) is 73.7 cm³/mol. The number of amides is 2. The summed E-state index contributed by atoms with van der Waals surface area (Å²) in [6.45, 7) is 1.48. The van der Waals surface area contributed by atoms with Crippen molar-refractivity contribution in [2.24, 2.45) is 11.8 Å². The minimum atomic E-state index is -0.403. The van der Waals surface area contributed by atoms with Gasteiger partial charge in [0.15, 0.2) is 5.78 Å². The quantitative estimate of drug-likeness (QED) is 0.466. The molecule has 3 heterocycles. The van der Waals surface area contributed by atoms with Crippen molar-refractivity contribution < 1.29 is 19.1 Å². The number of benzene rings is 1. The minimum Gasteiger partial charge on any atom is -0.365 e. The first-order valence-corrected chi connectivity index (χ1v) is 6.90. The molecular formula is C16H13NO4. The van der Waals surface area contributed by atoms with Gasteiger partial charge in [0.25, 0.3) is 0 Å². The highest BCUT2D eigenvalue weighted by molar-refractivity contribution is 6.23. The maximum absolute atomic E-state index is 12.5. The smallest absolute Gasteiger partial charge is 0.240 e. The second-order valence-corrected chi connectivity index (χ2v) is 5.62. The number of imide groups is 1. The van der Waals surface area contributed by atoms with E-state index < -0.39 is 11.8 Å². The van der Waals surface area contributed by atoms with Crippen LogP contribution in [0.1, 0.15) is 17.3 Å². The molecule has 0 spiro atoms. The van der Waals surface area contributed by atoms with Gasteiger partial charge in [0.2, 0.25) is 11.8 Å². The van der Waals surface area contributed by atoms with Crippen LogP contribution in [0.15, 0.2) is 36.4 Å². The second-order valence-electron chi connectivity index (χ2n) is 5.62. The summed E-state index contributed by atoms with van der Waals surface area (Å²) in [6, 6.07) is 6.55. The molecule has 0 radical (unpaired) electrons. The van der Waals surface area contributed by atoms with Gasteiger partial charge in [-0.1, -0.05) is 12.2 Å². The molecule has 5 heteroatoms. The van der Waals surface area contributed by atoms with Crippen molar-refractivity contribution in [2.75, 3.05) is 4.90 Å². The largest absolute Gasteiger partial charge is 0.365 e. The van der Waals surface area contributed by atoms with Crippen LogP contribution in [0.2, 0.25) is 0 Å². The average molecular weight is 283 g/mol. The Morgan fingerprint density at radius 1 is 1.00 bits per heavy atom. The summed E-state index contributed by atoms with van der Waals surface area (Å²) in [7, 11) is 0. The highest BCUT2D eigenvalue weighted by atomic mass is 16.5. The first kappa shape index (κ1) is 12.5. The molecule has 21 heavy (non-hydrogen) atoms. The highest BCUT2D eigenvalue weighted by Gasteiger charge is 2.60. The van der Waals surface area contributed by atoms with Crippen molar-refractivity contribution in [3.05, 3.63) is 42.0 Å². The SMILES string of the molecule is CC(=O)c1ccc(N2C(=O)[C@@H]3[C@@H](C2=O)[C@@H]2C=C[C@@H]3O2)cc1. The van der Waals surface area contributed by atoms with Gasteiger partial charge in [-0.2, -0.15) is 0 Å². The van der Waals surface area contributed by atoms with E-state index in [1.165, 1.54) is 11.8 Å². The van der Waals surface area contributed by atoms with Gasteiger partial charge in [0, 0.05) is 5.56 Å². The zero-order valence-corrected chi connectivity index (χ0v) is 11.4. The Bertz CT molecular complexity index is 661. The van der Waals surface area contributed by atoms with Gasteiger partial charge in [-0.15, -0.1) is 0 Å². The summed E-state index contributed by atoms with van der Waals surface area (Å²) in [4.78, 5) is 37.6. The zero-order chi connectivity index (χ0) is 14.7. The van der Waals surface area contributed by atoms with Crippen LogP contribution in [0, 0.1) is 11.8 Å². The lowest BCUT2D eigenvalue weighted by Gasteiger charge is -2.17. The molecule has 5 nitrogen and oxygen atoms in total. The number of rotatable bonds is 2. The molecule has 0 N–H and O–H groups in total. The van der Waals surface area contributed by atoms with Gasteiger partial charge in [0.1, 0.15) is 0 Å². The lowest BCUT2D eigenvalue weighted by Crippen LogP contribution is -2.34.